The van der Waals surface area contributed by atoms with Crippen LogP contribution < -0.4 is 34.7 Å². The summed E-state index contributed by atoms with van der Waals surface area (Å²) < 4.78 is 0. The summed E-state index contributed by atoms with van der Waals surface area (Å²) in [5.41, 5.74) is 0. The van der Waals surface area contributed by atoms with Gasteiger partial charge >= 0.3 is 29.6 Å². The summed E-state index contributed by atoms with van der Waals surface area (Å²) in [4.78, 5) is 10.8. The molecule has 0 rings (SSSR count). The van der Waals surface area contributed by atoms with Crippen molar-refractivity contribution in [3.8, 4) is 0 Å². The van der Waals surface area contributed by atoms with Crippen LogP contribution in [0.1, 0.15) is 20.8 Å². The largest absolute Gasteiger partial charge is 1.00 e. The van der Waals surface area contributed by atoms with Gasteiger partial charge in [-0.2, -0.15) is 0 Å². The molecule has 0 saturated carbocycles. The van der Waals surface area contributed by atoms with Gasteiger partial charge in [0.2, 0.25) is 6.16 Å². The Morgan fingerprint density at radius 3 is 1.42 bits per heavy atom. The first-order chi connectivity index (χ1) is 5.08. The third kappa shape index (κ3) is 22.5. The molecule has 0 saturated heterocycles. The van der Waals surface area contributed by atoms with Gasteiger partial charge in [0.05, 0.1) is 0 Å². The first-order valence-corrected chi connectivity index (χ1v) is 3.70. The quantitative estimate of drug-likeness (QED) is 0.484. The summed E-state index contributed by atoms with van der Waals surface area (Å²) in [5, 5.41) is 15.3. The molecule has 5 heteroatoms. The third-order valence-corrected chi connectivity index (χ3v) is 1.34. The van der Waals surface area contributed by atoms with E-state index in [0.717, 1.165) is 0 Å². The number of hydrogen-bond acceptors (Lipinski definition) is 3. The monoisotopic (exact) mass is 185 g/mol. The molecule has 0 amide bonds. The van der Waals surface area contributed by atoms with Crippen LogP contribution >= 0.6 is 0 Å². The Morgan fingerprint density at radius 1 is 1.25 bits per heavy atom. The van der Waals surface area contributed by atoms with E-state index >= 15 is 0 Å². The van der Waals surface area contributed by atoms with Crippen LogP contribution in [-0.2, 0) is 0 Å². The molecule has 0 aromatic heterocycles. The van der Waals surface area contributed by atoms with E-state index in [-0.39, 0.29) is 29.6 Å². The van der Waals surface area contributed by atoms with E-state index in [1.807, 2.05) is 0 Å². The fraction of sp³-hybridized carbons (Fsp3) is 0.857. The molecule has 0 radical (unpaired) electrons. The summed E-state index contributed by atoms with van der Waals surface area (Å²) in [6.07, 6.45) is -2.08. The Morgan fingerprint density at radius 2 is 1.42 bits per heavy atom. The Labute approximate surface area is 95.9 Å². The zero-order chi connectivity index (χ0) is 9.28. The second-order valence-electron chi connectivity index (χ2n) is 1.89. The van der Waals surface area contributed by atoms with Crippen molar-refractivity contribution < 1.29 is 44.6 Å². The van der Waals surface area contributed by atoms with Gasteiger partial charge in [-0.15, -0.1) is 0 Å². The molecule has 0 aliphatic rings. The first-order valence-electron chi connectivity index (χ1n) is 3.70. The second-order valence-corrected chi connectivity index (χ2v) is 1.89. The number of rotatable bonds is 3. The zero-order valence-corrected chi connectivity index (χ0v) is 10.3. The molecule has 0 spiro atoms. The van der Waals surface area contributed by atoms with Gasteiger partial charge in [-0.25, -0.2) is 0 Å². The van der Waals surface area contributed by atoms with Gasteiger partial charge in [-0.3, -0.25) is 0 Å². The Kier molecular flexibility index (Phi) is 20.8. The summed E-state index contributed by atoms with van der Waals surface area (Å²) in [6, 6.07) is 0. The standard InChI is InChI=1S/C6H15N.CH2O3.Na/c1-4-7(5-2)6-3;2-1(3)4;/h4-6H2,1-3H3;(H2,2,3,4);/q;;+1/p-1. The van der Waals surface area contributed by atoms with Crippen LogP contribution in [0, 0.1) is 0 Å². The number of nitrogens with zero attached hydrogens (tertiary/aromatic N) is 1. The van der Waals surface area contributed by atoms with Crippen molar-refractivity contribution in [1.29, 1.82) is 0 Å². The topological polar surface area (TPSA) is 63.6 Å². The van der Waals surface area contributed by atoms with E-state index in [0.29, 0.717) is 0 Å². The number of carbonyl (C=O) groups is 1. The molecule has 0 aliphatic heterocycles. The first kappa shape index (κ1) is 18.1. The summed E-state index contributed by atoms with van der Waals surface area (Å²) in [7, 11) is 0. The molecule has 0 aromatic rings. The van der Waals surface area contributed by atoms with Crippen LogP contribution in [0.3, 0.4) is 0 Å². The minimum absolute atomic E-state index is 0. The van der Waals surface area contributed by atoms with E-state index in [1.165, 1.54) is 19.6 Å². The van der Waals surface area contributed by atoms with E-state index in [2.05, 4.69) is 25.7 Å². The minimum atomic E-state index is -2.08. The fourth-order valence-corrected chi connectivity index (χ4v) is 0.671. The van der Waals surface area contributed by atoms with Crippen molar-refractivity contribution in [3.05, 3.63) is 0 Å². The van der Waals surface area contributed by atoms with Crippen LogP contribution in [0.2, 0.25) is 0 Å². The average molecular weight is 185 g/mol. The maximum absolute atomic E-state index is 8.44. The van der Waals surface area contributed by atoms with Crippen molar-refractivity contribution >= 4 is 6.16 Å². The molecule has 0 fully saturated rings. The molecular formula is C7H16NNaO3. The van der Waals surface area contributed by atoms with Crippen molar-refractivity contribution in [1.82, 2.24) is 4.90 Å². The van der Waals surface area contributed by atoms with Gasteiger partial charge in [-0.05, 0) is 19.6 Å². The van der Waals surface area contributed by atoms with E-state index in [1.54, 1.807) is 0 Å². The third-order valence-electron chi connectivity index (χ3n) is 1.34. The van der Waals surface area contributed by atoms with Crippen LogP contribution in [-0.4, -0.2) is 35.8 Å². The Bertz CT molecular complexity index is 87.1. The summed E-state index contributed by atoms with van der Waals surface area (Å²) >= 11 is 0. The molecular weight excluding hydrogens is 169 g/mol. The van der Waals surface area contributed by atoms with E-state index in [9.17, 15) is 0 Å². The van der Waals surface area contributed by atoms with Crippen LogP contribution in [0.25, 0.3) is 0 Å². The maximum atomic E-state index is 8.44. The molecule has 0 heterocycles. The molecule has 0 aliphatic carbocycles. The summed E-state index contributed by atoms with van der Waals surface area (Å²) in [5.74, 6) is 0. The molecule has 0 unspecified atom stereocenters. The molecule has 0 atom stereocenters. The molecule has 12 heavy (non-hydrogen) atoms. The Balaban J connectivity index is -0.000000142. The molecule has 1 N–H and O–H groups in total. The van der Waals surface area contributed by atoms with Crippen LogP contribution in [0.4, 0.5) is 4.79 Å². The van der Waals surface area contributed by atoms with Crippen molar-refractivity contribution in [2.75, 3.05) is 19.6 Å². The molecule has 0 bridgehead atoms. The predicted octanol–water partition coefficient (Wildman–Crippen LogP) is -2.76. The van der Waals surface area contributed by atoms with E-state index < -0.39 is 6.16 Å². The predicted molar refractivity (Wildman–Crippen MR) is 41.5 cm³/mol. The van der Waals surface area contributed by atoms with Crippen molar-refractivity contribution in [3.63, 3.8) is 0 Å². The maximum Gasteiger partial charge on any atom is 1.00 e. The SMILES string of the molecule is CCN(CC)CC.O=C([O-])O.[Na+]. The second kappa shape index (κ2) is 13.8. The smallest absolute Gasteiger partial charge is 0.565 e. The molecule has 68 valence electrons. The van der Waals surface area contributed by atoms with Crippen molar-refractivity contribution in [2.45, 2.75) is 20.8 Å². The van der Waals surface area contributed by atoms with Crippen LogP contribution in [0.15, 0.2) is 0 Å². The number of carboxylic acid groups (broad SMARTS) is 2. The zero-order valence-electron chi connectivity index (χ0n) is 8.33. The van der Waals surface area contributed by atoms with Gasteiger partial charge < -0.3 is 19.9 Å². The van der Waals surface area contributed by atoms with Gasteiger partial charge in [0.1, 0.15) is 0 Å². The average Bonchev–Trinajstić information content (AvgIpc) is 1.90. The van der Waals surface area contributed by atoms with Gasteiger partial charge in [0.25, 0.3) is 0 Å². The molecule has 0 aromatic carbocycles. The van der Waals surface area contributed by atoms with Gasteiger partial charge in [0, 0.05) is 0 Å². The summed E-state index contributed by atoms with van der Waals surface area (Å²) in [6.45, 7) is 10.1. The fourth-order valence-electron chi connectivity index (χ4n) is 0.671. The molecule has 4 nitrogen and oxygen atoms in total. The number of hydrogen-bond donors (Lipinski definition) is 1. The van der Waals surface area contributed by atoms with E-state index in [4.69, 9.17) is 15.0 Å². The van der Waals surface area contributed by atoms with Gasteiger partial charge in [-0.1, -0.05) is 20.8 Å². The van der Waals surface area contributed by atoms with Crippen LogP contribution in [0.5, 0.6) is 0 Å². The Hall–Kier alpha value is 0.230. The van der Waals surface area contributed by atoms with Crippen molar-refractivity contribution in [2.24, 2.45) is 0 Å². The normalized spacial score (nSPS) is 8.00. The van der Waals surface area contributed by atoms with Gasteiger partial charge in [0.15, 0.2) is 0 Å². The minimum Gasteiger partial charge on any atom is -0.565 e.